The van der Waals surface area contributed by atoms with Gasteiger partial charge in [0.25, 0.3) is 0 Å². The fourth-order valence-corrected chi connectivity index (χ4v) is 3.95. The molecule has 0 saturated carbocycles. The highest BCUT2D eigenvalue weighted by Gasteiger charge is 2.18. The fraction of sp³-hybridized carbons (Fsp3) is 0.235. The summed E-state index contributed by atoms with van der Waals surface area (Å²) in [4.78, 5) is 24.8. The summed E-state index contributed by atoms with van der Waals surface area (Å²) < 4.78 is 0. The van der Waals surface area contributed by atoms with E-state index in [0.717, 1.165) is 29.1 Å². The molecule has 1 fully saturated rings. The summed E-state index contributed by atoms with van der Waals surface area (Å²) in [6.07, 6.45) is 5.90. The molecular weight excluding hydrogens is 352 g/mol. The first-order valence-corrected chi connectivity index (χ1v) is 9.69. The van der Waals surface area contributed by atoms with Crippen LogP contribution in [0.3, 0.4) is 0 Å². The SMILES string of the molecule is c1ccc(Sc2nc(Sc3ccccn3)nc(N3CCCC3)n2)nc1. The van der Waals surface area contributed by atoms with Gasteiger partial charge in [-0.15, -0.1) is 0 Å². The predicted octanol–water partition coefficient (Wildman–Crippen LogP) is 3.56. The van der Waals surface area contributed by atoms with Crippen LogP contribution in [0.15, 0.2) is 69.2 Å². The Hall–Kier alpha value is -2.19. The molecule has 4 heterocycles. The molecule has 0 aliphatic carbocycles. The van der Waals surface area contributed by atoms with E-state index in [1.54, 1.807) is 12.4 Å². The molecule has 3 aromatic rings. The van der Waals surface area contributed by atoms with Gasteiger partial charge in [0.15, 0.2) is 10.3 Å². The van der Waals surface area contributed by atoms with Gasteiger partial charge >= 0.3 is 0 Å². The van der Waals surface area contributed by atoms with Crippen molar-refractivity contribution in [3.8, 4) is 0 Å². The van der Waals surface area contributed by atoms with Crippen molar-refractivity contribution in [2.24, 2.45) is 0 Å². The van der Waals surface area contributed by atoms with Crippen molar-refractivity contribution >= 4 is 29.5 Å². The standard InChI is InChI=1S/C17H16N6S2/c1-3-9-18-13(7-1)24-16-20-15(23-11-5-6-12-23)21-17(22-16)25-14-8-2-4-10-19-14/h1-4,7-10H,5-6,11-12H2. The molecule has 1 aliphatic heterocycles. The molecule has 0 amide bonds. The van der Waals surface area contributed by atoms with E-state index in [1.807, 2.05) is 36.4 Å². The van der Waals surface area contributed by atoms with Gasteiger partial charge in [-0.25, -0.2) is 9.97 Å². The van der Waals surface area contributed by atoms with Gasteiger partial charge in [0.2, 0.25) is 5.95 Å². The lowest BCUT2D eigenvalue weighted by molar-refractivity contribution is 0.759. The number of rotatable bonds is 5. The van der Waals surface area contributed by atoms with E-state index in [2.05, 4.69) is 29.8 Å². The van der Waals surface area contributed by atoms with Crippen molar-refractivity contribution in [2.75, 3.05) is 18.0 Å². The molecule has 1 aliphatic rings. The first-order chi connectivity index (χ1) is 12.4. The van der Waals surface area contributed by atoms with Crippen LogP contribution < -0.4 is 4.90 Å². The molecule has 1 saturated heterocycles. The zero-order valence-corrected chi connectivity index (χ0v) is 15.1. The Kier molecular flexibility index (Phi) is 5.08. The summed E-state index contributed by atoms with van der Waals surface area (Å²) in [6, 6.07) is 11.6. The van der Waals surface area contributed by atoms with E-state index < -0.39 is 0 Å². The number of aromatic nitrogens is 5. The van der Waals surface area contributed by atoms with Crippen LogP contribution in [-0.2, 0) is 0 Å². The van der Waals surface area contributed by atoms with Crippen molar-refractivity contribution in [3.63, 3.8) is 0 Å². The van der Waals surface area contributed by atoms with Crippen molar-refractivity contribution in [1.29, 1.82) is 0 Å². The van der Waals surface area contributed by atoms with Crippen LogP contribution in [0.2, 0.25) is 0 Å². The third-order valence-electron chi connectivity index (χ3n) is 3.64. The zero-order chi connectivity index (χ0) is 16.9. The smallest absolute Gasteiger partial charge is 0.230 e. The second kappa shape index (κ2) is 7.79. The molecule has 0 bridgehead atoms. The first kappa shape index (κ1) is 16.3. The average molecular weight is 368 g/mol. The summed E-state index contributed by atoms with van der Waals surface area (Å²) >= 11 is 2.90. The fourth-order valence-electron chi connectivity index (χ4n) is 2.48. The number of anilines is 1. The van der Waals surface area contributed by atoms with Gasteiger partial charge in [-0.1, -0.05) is 12.1 Å². The molecule has 0 unspecified atom stereocenters. The predicted molar refractivity (Wildman–Crippen MR) is 98.0 cm³/mol. The van der Waals surface area contributed by atoms with Gasteiger partial charge in [0.05, 0.1) is 0 Å². The van der Waals surface area contributed by atoms with Crippen LogP contribution in [0.1, 0.15) is 12.8 Å². The lowest BCUT2D eigenvalue weighted by atomic mass is 10.4. The van der Waals surface area contributed by atoms with Crippen LogP contribution in [0.5, 0.6) is 0 Å². The number of pyridine rings is 2. The summed E-state index contributed by atoms with van der Waals surface area (Å²) in [5, 5.41) is 3.06. The van der Waals surface area contributed by atoms with E-state index in [-0.39, 0.29) is 0 Å². The molecule has 3 aromatic heterocycles. The van der Waals surface area contributed by atoms with Gasteiger partial charge in [0.1, 0.15) is 10.1 Å². The van der Waals surface area contributed by atoms with Crippen LogP contribution in [0.4, 0.5) is 5.95 Å². The molecular formula is C17H16N6S2. The number of hydrogen-bond donors (Lipinski definition) is 0. The molecule has 0 atom stereocenters. The van der Waals surface area contributed by atoms with Crippen molar-refractivity contribution in [1.82, 2.24) is 24.9 Å². The molecule has 0 N–H and O–H groups in total. The van der Waals surface area contributed by atoms with Crippen LogP contribution >= 0.6 is 23.5 Å². The normalized spacial score (nSPS) is 14.0. The molecule has 6 nitrogen and oxygen atoms in total. The van der Waals surface area contributed by atoms with Gasteiger partial charge < -0.3 is 4.90 Å². The van der Waals surface area contributed by atoms with Crippen molar-refractivity contribution < 1.29 is 0 Å². The molecule has 8 heteroatoms. The summed E-state index contributed by atoms with van der Waals surface area (Å²) in [6.45, 7) is 1.98. The quantitative estimate of drug-likeness (QED) is 0.677. The minimum absolute atomic E-state index is 0.661. The maximum absolute atomic E-state index is 4.65. The van der Waals surface area contributed by atoms with E-state index in [1.165, 1.54) is 36.4 Å². The maximum Gasteiger partial charge on any atom is 0.230 e. The zero-order valence-electron chi connectivity index (χ0n) is 13.4. The molecule has 4 rings (SSSR count). The van der Waals surface area contributed by atoms with Gasteiger partial charge in [-0.05, 0) is 60.6 Å². The lowest BCUT2D eigenvalue weighted by Gasteiger charge is -2.16. The van der Waals surface area contributed by atoms with Crippen LogP contribution in [0.25, 0.3) is 0 Å². The van der Waals surface area contributed by atoms with Crippen LogP contribution in [0, 0.1) is 0 Å². The summed E-state index contributed by atoms with van der Waals surface area (Å²) in [5.41, 5.74) is 0. The second-order valence-corrected chi connectivity index (χ2v) is 7.41. The molecule has 0 aromatic carbocycles. The Bertz CT molecular complexity index is 765. The number of nitrogens with zero attached hydrogens (tertiary/aromatic N) is 6. The highest BCUT2D eigenvalue weighted by molar-refractivity contribution is 7.99. The maximum atomic E-state index is 4.65. The van der Waals surface area contributed by atoms with E-state index >= 15 is 0 Å². The minimum atomic E-state index is 0.661. The second-order valence-electron chi connectivity index (χ2n) is 5.43. The van der Waals surface area contributed by atoms with E-state index in [0.29, 0.717) is 10.3 Å². The monoisotopic (exact) mass is 368 g/mol. The first-order valence-electron chi connectivity index (χ1n) is 8.06. The Morgan fingerprint density at radius 3 is 1.76 bits per heavy atom. The minimum Gasteiger partial charge on any atom is -0.341 e. The van der Waals surface area contributed by atoms with Gasteiger partial charge in [-0.2, -0.15) is 15.0 Å². The Balaban J connectivity index is 1.65. The Morgan fingerprint density at radius 2 is 1.28 bits per heavy atom. The Morgan fingerprint density at radius 1 is 0.720 bits per heavy atom. The molecule has 0 radical (unpaired) electrons. The highest BCUT2D eigenvalue weighted by Crippen LogP contribution is 2.29. The number of hydrogen-bond acceptors (Lipinski definition) is 8. The average Bonchev–Trinajstić information content (AvgIpc) is 3.18. The van der Waals surface area contributed by atoms with E-state index in [9.17, 15) is 0 Å². The summed E-state index contributed by atoms with van der Waals surface area (Å²) in [7, 11) is 0. The van der Waals surface area contributed by atoms with E-state index in [4.69, 9.17) is 0 Å². The topological polar surface area (TPSA) is 67.7 Å². The van der Waals surface area contributed by atoms with Gasteiger partial charge in [0, 0.05) is 25.5 Å². The van der Waals surface area contributed by atoms with Crippen molar-refractivity contribution in [2.45, 2.75) is 33.2 Å². The van der Waals surface area contributed by atoms with Crippen LogP contribution in [-0.4, -0.2) is 38.0 Å². The third-order valence-corrected chi connectivity index (χ3v) is 5.27. The van der Waals surface area contributed by atoms with Crippen molar-refractivity contribution in [3.05, 3.63) is 48.8 Å². The Labute approximate surface area is 154 Å². The largest absolute Gasteiger partial charge is 0.341 e. The molecule has 126 valence electrons. The molecule has 25 heavy (non-hydrogen) atoms. The van der Waals surface area contributed by atoms with Gasteiger partial charge in [-0.3, -0.25) is 0 Å². The third kappa shape index (κ3) is 4.26. The lowest BCUT2D eigenvalue weighted by Crippen LogP contribution is -2.21. The molecule has 0 spiro atoms. The highest BCUT2D eigenvalue weighted by atomic mass is 32.2. The summed E-state index contributed by atoms with van der Waals surface area (Å²) in [5.74, 6) is 0.740.